The molecule has 2 atom stereocenters. The Kier molecular flexibility index (Phi) is 5.47. The molecule has 2 N–H and O–H groups in total. The Morgan fingerprint density at radius 1 is 1.50 bits per heavy atom. The molecule has 0 bridgehead atoms. The summed E-state index contributed by atoms with van der Waals surface area (Å²) in [6.07, 6.45) is 3.21. The molecule has 0 radical (unpaired) electrons. The van der Waals surface area contributed by atoms with E-state index in [-0.39, 0.29) is 11.9 Å². The normalized spacial score (nSPS) is 22.9. The number of hydrogen-bond acceptors (Lipinski definition) is 2. The van der Waals surface area contributed by atoms with Gasteiger partial charge in [-0.1, -0.05) is 40.9 Å². The number of carbonyl (C=O) groups is 1. The lowest BCUT2D eigenvalue weighted by molar-refractivity contribution is 0.0558. The predicted octanol–water partition coefficient (Wildman–Crippen LogP) is 3.69. The molecule has 1 fully saturated rings. The second-order valence-corrected chi connectivity index (χ2v) is 6.70. The molecule has 0 aromatic heterocycles. The number of piperidine rings is 1. The molecule has 5 heteroatoms. The summed E-state index contributed by atoms with van der Waals surface area (Å²) in [4.78, 5) is 14.6. The number of benzene rings is 1. The smallest absolute Gasteiger partial charge is 0.254 e. The highest BCUT2D eigenvalue weighted by atomic mass is 79.9. The molecule has 20 heavy (non-hydrogen) atoms. The average molecular weight is 360 g/mol. The fourth-order valence-corrected chi connectivity index (χ4v) is 3.70. The van der Waals surface area contributed by atoms with Crippen molar-refractivity contribution in [3.8, 4) is 0 Å². The van der Waals surface area contributed by atoms with Gasteiger partial charge in [0, 0.05) is 34.2 Å². The Labute approximate surface area is 133 Å². The van der Waals surface area contributed by atoms with Crippen molar-refractivity contribution in [2.75, 3.05) is 13.1 Å². The van der Waals surface area contributed by atoms with Gasteiger partial charge < -0.3 is 10.6 Å². The van der Waals surface area contributed by atoms with Gasteiger partial charge in [-0.25, -0.2) is 0 Å². The molecular formula is C15H20BrClN2O. The summed E-state index contributed by atoms with van der Waals surface area (Å²) in [6.45, 7) is 3.50. The van der Waals surface area contributed by atoms with Gasteiger partial charge in [-0.15, -0.1) is 0 Å². The highest BCUT2D eigenvalue weighted by Gasteiger charge is 2.30. The topological polar surface area (TPSA) is 46.3 Å². The van der Waals surface area contributed by atoms with Crippen molar-refractivity contribution in [1.29, 1.82) is 0 Å². The van der Waals surface area contributed by atoms with Gasteiger partial charge in [-0.05, 0) is 37.0 Å². The van der Waals surface area contributed by atoms with Crippen LogP contribution in [0, 0.1) is 5.92 Å². The molecule has 1 aromatic carbocycles. The summed E-state index contributed by atoms with van der Waals surface area (Å²) in [7, 11) is 0. The second-order valence-electron chi connectivity index (χ2n) is 5.34. The van der Waals surface area contributed by atoms with Gasteiger partial charge in [0.15, 0.2) is 0 Å². The third-order valence-corrected chi connectivity index (χ3v) is 4.72. The molecule has 0 aliphatic carbocycles. The van der Waals surface area contributed by atoms with Crippen LogP contribution in [0.5, 0.6) is 0 Å². The number of amides is 1. The van der Waals surface area contributed by atoms with Crippen molar-refractivity contribution in [2.24, 2.45) is 11.7 Å². The number of halogens is 2. The third kappa shape index (κ3) is 3.54. The van der Waals surface area contributed by atoms with Crippen molar-refractivity contribution in [2.45, 2.75) is 32.2 Å². The summed E-state index contributed by atoms with van der Waals surface area (Å²) < 4.78 is 0.820. The molecule has 1 saturated heterocycles. The molecule has 3 nitrogen and oxygen atoms in total. The van der Waals surface area contributed by atoms with Crippen molar-refractivity contribution in [3.63, 3.8) is 0 Å². The van der Waals surface area contributed by atoms with Crippen LogP contribution in [-0.2, 0) is 0 Å². The van der Waals surface area contributed by atoms with Gasteiger partial charge in [-0.3, -0.25) is 4.79 Å². The number of carbonyl (C=O) groups excluding carboxylic acids is 1. The van der Waals surface area contributed by atoms with E-state index >= 15 is 0 Å². The molecule has 0 spiro atoms. The van der Waals surface area contributed by atoms with Crippen LogP contribution >= 0.6 is 27.5 Å². The maximum atomic E-state index is 12.7. The first-order valence-corrected chi connectivity index (χ1v) is 8.19. The Bertz CT molecular complexity index is 475. The van der Waals surface area contributed by atoms with E-state index in [0.717, 1.165) is 30.3 Å². The van der Waals surface area contributed by atoms with E-state index < -0.39 is 0 Å². The first-order chi connectivity index (χ1) is 9.55. The number of nitrogens with zero attached hydrogens (tertiary/aromatic N) is 1. The highest BCUT2D eigenvalue weighted by Crippen LogP contribution is 2.27. The zero-order valence-corrected chi connectivity index (χ0v) is 14.0. The van der Waals surface area contributed by atoms with Gasteiger partial charge in [0.2, 0.25) is 0 Å². The largest absolute Gasteiger partial charge is 0.334 e. The van der Waals surface area contributed by atoms with Crippen LogP contribution in [0.2, 0.25) is 5.02 Å². The van der Waals surface area contributed by atoms with Crippen LogP contribution in [0.25, 0.3) is 0 Å². The van der Waals surface area contributed by atoms with Crippen LogP contribution in [0.15, 0.2) is 22.7 Å². The number of rotatable bonds is 3. The van der Waals surface area contributed by atoms with E-state index in [9.17, 15) is 4.79 Å². The van der Waals surface area contributed by atoms with Crippen molar-refractivity contribution in [3.05, 3.63) is 33.3 Å². The molecule has 110 valence electrons. The predicted molar refractivity (Wildman–Crippen MR) is 86.0 cm³/mol. The molecule has 2 unspecified atom stereocenters. The molecule has 0 saturated carbocycles. The molecule has 1 aromatic rings. The lowest BCUT2D eigenvalue weighted by Crippen LogP contribution is -2.49. The fraction of sp³-hybridized carbons (Fsp3) is 0.533. The van der Waals surface area contributed by atoms with Gasteiger partial charge in [0.25, 0.3) is 5.91 Å². The van der Waals surface area contributed by atoms with E-state index in [0.29, 0.717) is 23.0 Å². The van der Waals surface area contributed by atoms with Crippen molar-refractivity contribution in [1.82, 2.24) is 4.90 Å². The molecule has 1 aliphatic heterocycles. The van der Waals surface area contributed by atoms with Gasteiger partial charge in [0.1, 0.15) is 0 Å². The Morgan fingerprint density at radius 3 is 2.85 bits per heavy atom. The minimum absolute atomic E-state index is 0.0261. The van der Waals surface area contributed by atoms with Crippen LogP contribution in [0.3, 0.4) is 0 Å². The van der Waals surface area contributed by atoms with E-state index in [1.54, 1.807) is 12.1 Å². The minimum Gasteiger partial charge on any atom is -0.334 e. The number of nitrogens with two attached hydrogens (primary N) is 1. The average Bonchev–Trinajstić information content (AvgIpc) is 2.44. The van der Waals surface area contributed by atoms with E-state index in [1.807, 2.05) is 11.0 Å². The molecular weight excluding hydrogens is 340 g/mol. The summed E-state index contributed by atoms with van der Waals surface area (Å²) in [6, 6.07) is 5.45. The number of hydrogen-bond donors (Lipinski definition) is 1. The van der Waals surface area contributed by atoms with Gasteiger partial charge in [-0.2, -0.15) is 0 Å². The fourth-order valence-electron chi connectivity index (χ4n) is 2.84. The number of likely N-dealkylation sites (tertiary alicyclic amines) is 1. The van der Waals surface area contributed by atoms with Gasteiger partial charge in [0.05, 0.1) is 0 Å². The Morgan fingerprint density at radius 2 is 2.25 bits per heavy atom. The van der Waals surface area contributed by atoms with Crippen LogP contribution in [-0.4, -0.2) is 29.9 Å². The van der Waals surface area contributed by atoms with E-state index in [4.69, 9.17) is 17.3 Å². The minimum atomic E-state index is 0.0261. The summed E-state index contributed by atoms with van der Waals surface area (Å²) in [5, 5.41) is 0.565. The monoisotopic (exact) mass is 358 g/mol. The second kappa shape index (κ2) is 6.92. The van der Waals surface area contributed by atoms with Crippen LogP contribution in [0.1, 0.15) is 36.5 Å². The maximum absolute atomic E-state index is 12.7. The first kappa shape index (κ1) is 15.8. The highest BCUT2D eigenvalue weighted by molar-refractivity contribution is 9.10. The summed E-state index contributed by atoms with van der Waals surface area (Å²) >= 11 is 9.40. The van der Waals surface area contributed by atoms with Crippen LogP contribution in [0.4, 0.5) is 0 Å². The summed E-state index contributed by atoms with van der Waals surface area (Å²) in [5.41, 5.74) is 6.48. The van der Waals surface area contributed by atoms with Crippen LogP contribution < -0.4 is 5.73 Å². The Hall–Kier alpha value is -0.580. The quantitative estimate of drug-likeness (QED) is 0.894. The zero-order valence-electron chi connectivity index (χ0n) is 11.6. The lowest BCUT2D eigenvalue weighted by Gasteiger charge is -2.39. The summed E-state index contributed by atoms with van der Waals surface area (Å²) in [5.74, 6) is 0.705. The van der Waals surface area contributed by atoms with Crippen molar-refractivity contribution >= 4 is 33.4 Å². The third-order valence-electron chi connectivity index (χ3n) is 4.04. The molecule has 1 heterocycles. The van der Waals surface area contributed by atoms with E-state index in [1.165, 1.54) is 0 Å². The molecule has 2 rings (SSSR count). The zero-order chi connectivity index (χ0) is 14.7. The Balaban J connectivity index is 2.19. The van der Waals surface area contributed by atoms with Gasteiger partial charge >= 0.3 is 0 Å². The van der Waals surface area contributed by atoms with E-state index in [2.05, 4.69) is 22.9 Å². The molecule has 1 amide bonds. The molecule has 1 aliphatic rings. The first-order valence-electron chi connectivity index (χ1n) is 7.02. The lowest BCUT2D eigenvalue weighted by atomic mass is 9.88. The standard InChI is InChI=1S/C15H20BrClN2O/c1-2-10-3-4-19(14(5-10)9-18)15(20)11-6-12(16)8-13(17)7-11/h6-8,10,14H,2-5,9,18H2,1H3. The SMILES string of the molecule is CCC1CCN(C(=O)c2cc(Cl)cc(Br)c2)C(CN)C1. The van der Waals surface area contributed by atoms with Crippen molar-refractivity contribution < 1.29 is 4.79 Å². The maximum Gasteiger partial charge on any atom is 0.254 e.